The molecule has 21 heavy (non-hydrogen) atoms. The van der Waals surface area contributed by atoms with Gasteiger partial charge >= 0.3 is 0 Å². The molecule has 0 heterocycles. The first-order chi connectivity index (χ1) is 9.92. The second-order valence-corrected chi connectivity index (χ2v) is 7.31. The summed E-state index contributed by atoms with van der Waals surface area (Å²) in [7, 11) is -3.51. The molecule has 0 bridgehead atoms. The van der Waals surface area contributed by atoms with Gasteiger partial charge in [-0.3, -0.25) is 0 Å². The van der Waals surface area contributed by atoms with Crippen molar-refractivity contribution in [2.24, 2.45) is 0 Å². The lowest BCUT2D eigenvalue weighted by molar-refractivity contribution is 0.567. The highest BCUT2D eigenvalue weighted by atomic mass is 79.9. The molecule has 0 unspecified atom stereocenters. The van der Waals surface area contributed by atoms with Gasteiger partial charge in [0.15, 0.2) is 0 Å². The maximum absolute atomic E-state index is 12.4. The normalized spacial score (nSPS) is 13.1. The smallest absolute Gasteiger partial charge is 0.207 e. The van der Waals surface area contributed by atoms with Crippen LogP contribution in [0.25, 0.3) is 0 Å². The van der Waals surface area contributed by atoms with E-state index in [-0.39, 0.29) is 10.9 Å². The van der Waals surface area contributed by atoms with Crippen molar-refractivity contribution in [1.29, 1.82) is 0 Å². The first kappa shape index (κ1) is 16.2. The lowest BCUT2D eigenvalue weighted by Crippen LogP contribution is -2.26. The summed E-state index contributed by atoms with van der Waals surface area (Å²) in [6, 6.07) is 14.4. The van der Waals surface area contributed by atoms with E-state index in [1.165, 1.54) is 0 Å². The molecule has 2 aromatic rings. The van der Waals surface area contributed by atoms with Crippen LogP contribution >= 0.6 is 15.9 Å². The zero-order chi connectivity index (χ0) is 15.5. The number of rotatable bonds is 5. The van der Waals surface area contributed by atoms with E-state index >= 15 is 0 Å². The number of nitrogens with one attached hydrogen (secondary N) is 1. The van der Waals surface area contributed by atoms with Crippen LogP contribution in [0, 0.1) is 6.92 Å². The standard InChI is InChI=1S/C16H18BrNO2S/c1-12-4-3-5-15(10-12)13(2)18-21(19,20)16-8-6-14(11-17)7-9-16/h3-10,13,18H,11H2,1-2H3/t13-/m0/s1. The molecule has 0 saturated heterocycles. The van der Waals surface area contributed by atoms with Gasteiger partial charge in [0.1, 0.15) is 0 Å². The fourth-order valence-corrected chi connectivity index (χ4v) is 3.67. The minimum atomic E-state index is -3.51. The summed E-state index contributed by atoms with van der Waals surface area (Å²) in [5.74, 6) is 0. The van der Waals surface area contributed by atoms with E-state index in [2.05, 4.69) is 20.7 Å². The number of sulfonamides is 1. The summed E-state index contributed by atoms with van der Waals surface area (Å²) < 4.78 is 27.5. The minimum absolute atomic E-state index is 0.272. The third kappa shape index (κ3) is 4.15. The molecule has 3 nitrogen and oxygen atoms in total. The Kier molecular flexibility index (Phi) is 5.19. The number of benzene rings is 2. The Morgan fingerprint density at radius 3 is 2.38 bits per heavy atom. The highest BCUT2D eigenvalue weighted by Crippen LogP contribution is 2.18. The number of aryl methyl sites for hydroxylation is 1. The third-order valence-corrected chi connectivity index (χ3v) is 5.47. The Bertz CT molecular complexity index is 711. The molecule has 0 spiro atoms. The van der Waals surface area contributed by atoms with Gasteiger partial charge in [-0.1, -0.05) is 57.9 Å². The SMILES string of the molecule is Cc1cccc([C@H](C)NS(=O)(=O)c2ccc(CBr)cc2)c1. The Hall–Kier alpha value is -1.17. The molecule has 5 heteroatoms. The van der Waals surface area contributed by atoms with Crippen molar-refractivity contribution in [2.75, 3.05) is 0 Å². The predicted molar refractivity (Wildman–Crippen MR) is 89.0 cm³/mol. The number of hydrogen-bond donors (Lipinski definition) is 1. The Labute approximate surface area is 134 Å². The molecule has 112 valence electrons. The van der Waals surface area contributed by atoms with E-state index < -0.39 is 10.0 Å². The molecule has 0 aliphatic carbocycles. The Morgan fingerprint density at radius 1 is 1.14 bits per heavy atom. The molecule has 2 rings (SSSR count). The van der Waals surface area contributed by atoms with E-state index in [0.717, 1.165) is 16.7 Å². The number of halogens is 1. The highest BCUT2D eigenvalue weighted by Gasteiger charge is 2.18. The van der Waals surface area contributed by atoms with Crippen molar-refractivity contribution in [3.63, 3.8) is 0 Å². The van der Waals surface area contributed by atoms with Crippen molar-refractivity contribution in [3.05, 3.63) is 65.2 Å². The first-order valence-electron chi connectivity index (χ1n) is 6.66. The number of hydrogen-bond acceptors (Lipinski definition) is 2. The van der Waals surface area contributed by atoms with Gasteiger partial charge in [0.05, 0.1) is 4.90 Å². The predicted octanol–water partition coefficient (Wildman–Crippen LogP) is 3.93. The van der Waals surface area contributed by atoms with Gasteiger partial charge in [0, 0.05) is 11.4 Å². The third-order valence-electron chi connectivity index (χ3n) is 3.26. The van der Waals surface area contributed by atoms with Gasteiger partial charge in [-0.25, -0.2) is 13.1 Å². The van der Waals surface area contributed by atoms with Crippen molar-refractivity contribution in [2.45, 2.75) is 30.1 Å². The fraction of sp³-hybridized carbons (Fsp3) is 0.250. The van der Waals surface area contributed by atoms with E-state index in [1.807, 2.05) is 38.1 Å². The molecule has 0 aromatic heterocycles. The largest absolute Gasteiger partial charge is 0.241 e. The Balaban J connectivity index is 2.20. The van der Waals surface area contributed by atoms with Gasteiger partial charge in [-0.05, 0) is 37.1 Å². The zero-order valence-corrected chi connectivity index (χ0v) is 14.4. The van der Waals surface area contributed by atoms with Crippen LogP contribution in [0.1, 0.15) is 29.7 Å². The van der Waals surface area contributed by atoms with E-state index in [9.17, 15) is 8.42 Å². The van der Waals surface area contributed by atoms with E-state index in [1.54, 1.807) is 24.3 Å². The summed E-state index contributed by atoms with van der Waals surface area (Å²) in [4.78, 5) is 0.284. The average Bonchev–Trinajstić information content (AvgIpc) is 2.47. The van der Waals surface area contributed by atoms with Crippen LogP contribution in [0.4, 0.5) is 0 Å². The lowest BCUT2D eigenvalue weighted by atomic mass is 10.1. The van der Waals surface area contributed by atoms with Gasteiger partial charge in [-0.15, -0.1) is 0 Å². The average molecular weight is 368 g/mol. The summed E-state index contributed by atoms with van der Waals surface area (Å²) in [5.41, 5.74) is 3.11. The van der Waals surface area contributed by atoms with E-state index in [0.29, 0.717) is 5.33 Å². The van der Waals surface area contributed by atoms with Gasteiger partial charge in [0.25, 0.3) is 0 Å². The molecule has 0 amide bonds. The maximum atomic E-state index is 12.4. The zero-order valence-electron chi connectivity index (χ0n) is 12.0. The summed E-state index contributed by atoms with van der Waals surface area (Å²) in [5, 5.41) is 0.709. The molecule has 1 atom stereocenters. The van der Waals surface area contributed by atoms with Crippen LogP contribution in [-0.4, -0.2) is 8.42 Å². The van der Waals surface area contributed by atoms with Crippen molar-refractivity contribution in [3.8, 4) is 0 Å². The topological polar surface area (TPSA) is 46.2 Å². The molecule has 0 fully saturated rings. The van der Waals surface area contributed by atoms with E-state index in [4.69, 9.17) is 0 Å². The number of alkyl halides is 1. The monoisotopic (exact) mass is 367 g/mol. The van der Waals surface area contributed by atoms with Crippen LogP contribution < -0.4 is 4.72 Å². The molecule has 0 radical (unpaired) electrons. The lowest BCUT2D eigenvalue weighted by Gasteiger charge is -2.15. The molecule has 2 aromatic carbocycles. The summed E-state index contributed by atoms with van der Waals surface area (Å²) in [6.07, 6.45) is 0. The van der Waals surface area contributed by atoms with Crippen LogP contribution in [0.2, 0.25) is 0 Å². The highest BCUT2D eigenvalue weighted by molar-refractivity contribution is 9.08. The van der Waals surface area contributed by atoms with Gasteiger partial charge < -0.3 is 0 Å². The van der Waals surface area contributed by atoms with Gasteiger partial charge in [0.2, 0.25) is 10.0 Å². The molecule has 1 N–H and O–H groups in total. The first-order valence-corrected chi connectivity index (χ1v) is 9.26. The van der Waals surface area contributed by atoms with Crippen LogP contribution in [0.15, 0.2) is 53.4 Å². The fourth-order valence-electron chi connectivity index (χ4n) is 2.07. The van der Waals surface area contributed by atoms with Crippen LogP contribution in [0.5, 0.6) is 0 Å². The minimum Gasteiger partial charge on any atom is -0.207 e. The molecule has 0 aliphatic rings. The van der Waals surface area contributed by atoms with Gasteiger partial charge in [-0.2, -0.15) is 0 Å². The maximum Gasteiger partial charge on any atom is 0.241 e. The molecular weight excluding hydrogens is 350 g/mol. The summed E-state index contributed by atoms with van der Waals surface area (Å²) in [6.45, 7) is 3.84. The molecular formula is C16H18BrNO2S. The van der Waals surface area contributed by atoms with Crippen molar-refractivity contribution in [1.82, 2.24) is 4.72 Å². The second-order valence-electron chi connectivity index (χ2n) is 5.03. The van der Waals surface area contributed by atoms with Crippen LogP contribution in [-0.2, 0) is 15.4 Å². The Morgan fingerprint density at radius 2 is 1.81 bits per heavy atom. The second kappa shape index (κ2) is 6.73. The van der Waals surface area contributed by atoms with Crippen molar-refractivity contribution < 1.29 is 8.42 Å². The quantitative estimate of drug-likeness (QED) is 0.813. The summed E-state index contributed by atoms with van der Waals surface area (Å²) >= 11 is 3.35. The van der Waals surface area contributed by atoms with Crippen molar-refractivity contribution >= 4 is 26.0 Å². The van der Waals surface area contributed by atoms with Crippen LogP contribution in [0.3, 0.4) is 0 Å². The molecule has 0 saturated carbocycles. The molecule has 0 aliphatic heterocycles.